The first-order valence-electron chi connectivity index (χ1n) is 7.16. The molecule has 1 amide bonds. The van der Waals surface area contributed by atoms with Crippen molar-refractivity contribution in [1.29, 1.82) is 0 Å². The van der Waals surface area contributed by atoms with E-state index in [0.717, 1.165) is 10.9 Å². The Morgan fingerprint density at radius 1 is 1.04 bits per heavy atom. The molecule has 3 aromatic rings. The fraction of sp³-hybridized carbons (Fsp3) is 0.111. The van der Waals surface area contributed by atoms with E-state index in [1.165, 1.54) is 24.3 Å². The molecule has 0 fully saturated rings. The number of halogens is 1. The fourth-order valence-corrected chi connectivity index (χ4v) is 2.45. The number of aryl methyl sites for hydroxylation is 1. The zero-order valence-electron chi connectivity index (χ0n) is 12.7. The summed E-state index contributed by atoms with van der Waals surface area (Å²) in [6.07, 6.45) is 0. The summed E-state index contributed by atoms with van der Waals surface area (Å²) in [5.41, 5.74) is 3.04. The second kappa shape index (κ2) is 5.68. The topological polar surface area (TPSA) is 62.0 Å². The van der Waals surface area contributed by atoms with Gasteiger partial charge in [0.05, 0.1) is 5.52 Å². The summed E-state index contributed by atoms with van der Waals surface area (Å²) in [6.45, 7) is 3.67. The summed E-state index contributed by atoms with van der Waals surface area (Å²) >= 11 is 0. The van der Waals surface area contributed by atoms with Gasteiger partial charge in [0, 0.05) is 22.2 Å². The quantitative estimate of drug-likeness (QED) is 0.760. The monoisotopic (exact) mass is 310 g/mol. The van der Waals surface area contributed by atoms with E-state index in [1.54, 1.807) is 19.1 Å². The van der Waals surface area contributed by atoms with Crippen LogP contribution >= 0.6 is 0 Å². The van der Waals surface area contributed by atoms with Crippen LogP contribution in [0.4, 0.5) is 10.1 Å². The van der Waals surface area contributed by atoms with Crippen LogP contribution in [0, 0.1) is 19.7 Å². The van der Waals surface area contributed by atoms with Crippen LogP contribution in [0.1, 0.15) is 21.5 Å². The Balaban J connectivity index is 1.95. The van der Waals surface area contributed by atoms with Gasteiger partial charge in [0.25, 0.3) is 11.5 Å². The lowest BCUT2D eigenvalue weighted by Gasteiger charge is -2.09. The van der Waals surface area contributed by atoms with Crippen LogP contribution in [0.25, 0.3) is 10.9 Å². The number of pyridine rings is 1. The molecule has 0 aliphatic heterocycles. The molecule has 0 saturated heterocycles. The van der Waals surface area contributed by atoms with E-state index in [1.807, 2.05) is 13.0 Å². The predicted octanol–water partition coefficient (Wildman–Crippen LogP) is 3.54. The van der Waals surface area contributed by atoms with Crippen molar-refractivity contribution >= 4 is 22.5 Å². The number of nitrogens with one attached hydrogen (secondary N) is 2. The van der Waals surface area contributed by atoms with Crippen LogP contribution in [0.5, 0.6) is 0 Å². The Kier molecular flexibility index (Phi) is 3.70. The molecule has 0 unspecified atom stereocenters. The minimum atomic E-state index is -0.393. The number of benzene rings is 2. The molecule has 1 aromatic heterocycles. The van der Waals surface area contributed by atoms with Gasteiger partial charge in [-0.15, -0.1) is 0 Å². The third kappa shape index (κ3) is 2.85. The van der Waals surface area contributed by atoms with Crippen molar-refractivity contribution in [3.05, 3.63) is 75.3 Å². The third-order valence-electron chi connectivity index (χ3n) is 3.94. The smallest absolute Gasteiger partial charge is 0.255 e. The molecule has 0 radical (unpaired) electrons. The van der Waals surface area contributed by atoms with Crippen molar-refractivity contribution in [3.8, 4) is 0 Å². The van der Waals surface area contributed by atoms with Crippen molar-refractivity contribution < 1.29 is 9.18 Å². The average Bonchev–Trinajstić information content (AvgIpc) is 2.53. The molecule has 5 heteroatoms. The van der Waals surface area contributed by atoms with E-state index < -0.39 is 5.82 Å². The van der Waals surface area contributed by atoms with Crippen molar-refractivity contribution in [2.75, 3.05) is 5.32 Å². The van der Waals surface area contributed by atoms with Crippen LogP contribution in [0.2, 0.25) is 0 Å². The Morgan fingerprint density at radius 3 is 2.43 bits per heavy atom. The van der Waals surface area contributed by atoms with E-state index in [9.17, 15) is 14.0 Å². The van der Waals surface area contributed by atoms with Crippen LogP contribution < -0.4 is 10.9 Å². The molecule has 23 heavy (non-hydrogen) atoms. The van der Waals surface area contributed by atoms with Crippen LogP contribution in [-0.2, 0) is 0 Å². The van der Waals surface area contributed by atoms with Crippen molar-refractivity contribution in [2.24, 2.45) is 0 Å². The molecular weight excluding hydrogens is 295 g/mol. The SMILES string of the molecule is Cc1c(C)c2ccc(NC(=O)c3ccc(F)cc3)cc2[nH]c1=O. The lowest BCUT2D eigenvalue weighted by molar-refractivity contribution is 0.102. The van der Waals surface area contributed by atoms with Crippen molar-refractivity contribution in [2.45, 2.75) is 13.8 Å². The predicted molar refractivity (Wildman–Crippen MR) is 88.4 cm³/mol. The van der Waals surface area contributed by atoms with Gasteiger partial charge in [-0.05, 0) is 55.8 Å². The number of H-pyrrole nitrogens is 1. The summed E-state index contributed by atoms with van der Waals surface area (Å²) in [7, 11) is 0. The number of anilines is 1. The zero-order chi connectivity index (χ0) is 16.6. The van der Waals surface area contributed by atoms with E-state index in [2.05, 4.69) is 10.3 Å². The van der Waals surface area contributed by atoms with Crippen LogP contribution in [-0.4, -0.2) is 10.9 Å². The molecule has 3 rings (SSSR count). The number of rotatable bonds is 2. The Hall–Kier alpha value is -2.95. The normalized spacial score (nSPS) is 10.7. The van der Waals surface area contributed by atoms with Crippen LogP contribution in [0.3, 0.4) is 0 Å². The lowest BCUT2D eigenvalue weighted by Crippen LogP contribution is -2.13. The highest BCUT2D eigenvalue weighted by Crippen LogP contribution is 2.21. The van der Waals surface area contributed by atoms with E-state index in [0.29, 0.717) is 22.3 Å². The molecule has 0 bridgehead atoms. The first-order valence-corrected chi connectivity index (χ1v) is 7.16. The maximum absolute atomic E-state index is 12.9. The summed E-state index contributed by atoms with van der Waals surface area (Å²) in [5.74, 6) is -0.730. The number of carbonyl (C=O) groups excluding carboxylic acids is 1. The average molecular weight is 310 g/mol. The molecule has 0 atom stereocenters. The Morgan fingerprint density at radius 2 is 1.74 bits per heavy atom. The van der Waals surface area contributed by atoms with E-state index in [4.69, 9.17) is 0 Å². The largest absolute Gasteiger partial charge is 0.322 e. The highest BCUT2D eigenvalue weighted by Gasteiger charge is 2.09. The number of carbonyl (C=O) groups is 1. The molecule has 0 spiro atoms. The van der Waals surface area contributed by atoms with Gasteiger partial charge in [0.2, 0.25) is 0 Å². The van der Waals surface area contributed by atoms with E-state index in [-0.39, 0.29) is 11.5 Å². The maximum atomic E-state index is 12.9. The maximum Gasteiger partial charge on any atom is 0.255 e. The highest BCUT2D eigenvalue weighted by molar-refractivity contribution is 6.05. The van der Waals surface area contributed by atoms with Gasteiger partial charge < -0.3 is 10.3 Å². The number of hydrogen-bond donors (Lipinski definition) is 2. The first-order chi connectivity index (χ1) is 11.0. The summed E-state index contributed by atoms with van der Waals surface area (Å²) in [4.78, 5) is 26.8. The van der Waals surface area contributed by atoms with Gasteiger partial charge in [-0.3, -0.25) is 9.59 Å². The molecule has 116 valence electrons. The molecule has 4 nitrogen and oxygen atoms in total. The van der Waals surface area contributed by atoms with Gasteiger partial charge in [-0.2, -0.15) is 0 Å². The Bertz CT molecular complexity index is 959. The second-order valence-electron chi connectivity index (χ2n) is 5.43. The molecule has 1 heterocycles. The Labute approximate surface area is 132 Å². The minimum Gasteiger partial charge on any atom is -0.322 e. The number of hydrogen-bond acceptors (Lipinski definition) is 2. The first kappa shape index (κ1) is 15.0. The number of aromatic nitrogens is 1. The van der Waals surface area contributed by atoms with Crippen molar-refractivity contribution in [3.63, 3.8) is 0 Å². The summed E-state index contributed by atoms with van der Waals surface area (Å²) in [6, 6.07) is 10.6. The summed E-state index contributed by atoms with van der Waals surface area (Å²) in [5, 5.41) is 3.67. The fourth-order valence-electron chi connectivity index (χ4n) is 2.45. The molecule has 2 aromatic carbocycles. The number of aromatic amines is 1. The van der Waals surface area contributed by atoms with Crippen LogP contribution in [0.15, 0.2) is 47.3 Å². The number of fused-ring (bicyclic) bond motifs is 1. The zero-order valence-corrected chi connectivity index (χ0v) is 12.7. The molecule has 0 saturated carbocycles. The minimum absolute atomic E-state index is 0.142. The standard InChI is InChI=1S/C18H15FN2O2/c1-10-11(2)17(22)21-16-9-14(7-8-15(10)16)20-18(23)12-3-5-13(19)6-4-12/h3-9H,1-2H3,(H,20,23)(H,21,22). The van der Waals surface area contributed by atoms with Gasteiger partial charge in [0.1, 0.15) is 5.82 Å². The molecule has 2 N–H and O–H groups in total. The molecular formula is C18H15FN2O2. The van der Waals surface area contributed by atoms with Gasteiger partial charge >= 0.3 is 0 Å². The van der Waals surface area contributed by atoms with Crippen molar-refractivity contribution in [1.82, 2.24) is 4.98 Å². The lowest BCUT2D eigenvalue weighted by atomic mass is 10.1. The van der Waals surface area contributed by atoms with Gasteiger partial charge in [-0.25, -0.2) is 4.39 Å². The molecule has 0 aliphatic rings. The molecule has 0 aliphatic carbocycles. The highest BCUT2D eigenvalue weighted by atomic mass is 19.1. The third-order valence-corrected chi connectivity index (χ3v) is 3.94. The number of amides is 1. The summed E-state index contributed by atoms with van der Waals surface area (Å²) < 4.78 is 12.9. The van der Waals surface area contributed by atoms with E-state index >= 15 is 0 Å². The van der Waals surface area contributed by atoms with Gasteiger partial charge in [-0.1, -0.05) is 6.07 Å². The van der Waals surface area contributed by atoms with Gasteiger partial charge in [0.15, 0.2) is 0 Å². The second-order valence-corrected chi connectivity index (χ2v) is 5.43.